The first kappa shape index (κ1) is 29.3. The average Bonchev–Trinajstić information content (AvgIpc) is 3.74. The molecule has 2 N–H and O–H groups in total. The van der Waals surface area contributed by atoms with E-state index in [-0.39, 0.29) is 5.41 Å². The SMILES string of the molecule is CCC1=C(CC)c2cc3[nH]c(cc4nc5c(c[nH]cc-5c5nc(cc1n2)C(CC)=C5CC)C4(CC)CC)c(CC)c3CC. The lowest BCUT2D eigenvalue weighted by atomic mass is 9.74. The van der Waals surface area contributed by atoms with Crippen molar-refractivity contribution >= 4 is 33.3 Å². The van der Waals surface area contributed by atoms with E-state index in [0.29, 0.717) is 0 Å². The Bertz CT molecular complexity index is 1810. The summed E-state index contributed by atoms with van der Waals surface area (Å²) in [6, 6.07) is 6.93. The van der Waals surface area contributed by atoms with Crippen LogP contribution in [-0.2, 0) is 18.3 Å². The van der Waals surface area contributed by atoms with Crippen molar-refractivity contribution in [3.8, 4) is 11.3 Å². The molecule has 5 aliphatic heterocycles. The quantitative estimate of drug-likeness (QED) is 0.282. The van der Waals surface area contributed by atoms with E-state index in [2.05, 4.69) is 96.0 Å². The van der Waals surface area contributed by atoms with Gasteiger partial charge in [0.1, 0.15) is 0 Å². The maximum absolute atomic E-state index is 5.50. The monoisotopic (exact) mass is 573 g/mol. The Morgan fingerprint density at radius 2 is 1.12 bits per heavy atom. The van der Waals surface area contributed by atoms with Gasteiger partial charge in [-0.05, 0) is 103 Å². The van der Waals surface area contributed by atoms with E-state index < -0.39 is 0 Å². The molecule has 1 aromatic rings. The third kappa shape index (κ3) is 4.29. The fourth-order valence-electron chi connectivity index (χ4n) is 8.04. The number of hydrogen-bond acceptors (Lipinski definition) is 3. The van der Waals surface area contributed by atoms with Crippen LogP contribution in [0.15, 0.2) is 30.6 Å². The van der Waals surface area contributed by atoms with Crippen LogP contribution < -0.4 is 0 Å². The third-order valence-corrected chi connectivity index (χ3v) is 10.3. The van der Waals surface area contributed by atoms with E-state index in [1.165, 1.54) is 50.0 Å². The molecule has 0 spiro atoms. The van der Waals surface area contributed by atoms with Gasteiger partial charge in [-0.15, -0.1) is 0 Å². The van der Waals surface area contributed by atoms with Crippen LogP contribution in [0.5, 0.6) is 0 Å². The minimum Gasteiger partial charge on any atom is -0.367 e. The van der Waals surface area contributed by atoms with E-state index in [4.69, 9.17) is 15.0 Å². The van der Waals surface area contributed by atoms with E-state index in [1.54, 1.807) is 0 Å². The lowest BCUT2D eigenvalue weighted by Gasteiger charge is -2.28. The summed E-state index contributed by atoms with van der Waals surface area (Å²) in [6.07, 6.45) is 12.0. The van der Waals surface area contributed by atoms with Gasteiger partial charge >= 0.3 is 0 Å². The van der Waals surface area contributed by atoms with Crippen LogP contribution in [-0.4, -0.2) is 24.9 Å². The highest BCUT2D eigenvalue weighted by atomic mass is 14.9. The molecular weight excluding hydrogens is 526 g/mol. The predicted octanol–water partition coefficient (Wildman–Crippen LogP) is 10.2. The Morgan fingerprint density at radius 3 is 1.70 bits per heavy atom. The maximum Gasteiger partial charge on any atom is 0.0798 e. The van der Waals surface area contributed by atoms with Gasteiger partial charge in [-0.3, -0.25) is 4.98 Å². The minimum absolute atomic E-state index is 0.156. The minimum atomic E-state index is -0.156. The number of allylic oxidation sites excluding steroid dienone is 4. The van der Waals surface area contributed by atoms with Crippen LogP contribution in [0.3, 0.4) is 0 Å². The Hall–Kier alpha value is -3.73. The standard InChI is InChI=1S/C38H47N5/c1-9-22-23(10-2)32-18-33-26(13-5)27(14-6)36(42-33)28-20-39-21-29-37(28)43-35(38(29,15-7)16-8)19-34-25(12-4)24(11-3)31(41-34)17-30(22)40-32/h17-21,39,41H,9-16H2,1-8H3. The fraction of sp³-hybridized carbons (Fsp3) is 0.447. The number of pyridine rings is 1. The molecule has 0 saturated heterocycles. The second-order valence-corrected chi connectivity index (χ2v) is 12.0. The number of fused-ring (bicyclic) bond motifs is 8. The summed E-state index contributed by atoms with van der Waals surface area (Å²) in [6.45, 7) is 18.2. The highest BCUT2D eigenvalue weighted by Gasteiger charge is 2.40. The van der Waals surface area contributed by atoms with Gasteiger partial charge in [0.25, 0.3) is 0 Å². The van der Waals surface area contributed by atoms with Gasteiger partial charge in [-0.2, -0.15) is 0 Å². The first-order chi connectivity index (χ1) is 20.9. The molecule has 6 heterocycles. The normalized spacial score (nSPS) is 15.3. The van der Waals surface area contributed by atoms with E-state index in [0.717, 1.165) is 91.1 Å². The van der Waals surface area contributed by atoms with Gasteiger partial charge in [-0.25, -0.2) is 9.97 Å². The summed E-state index contributed by atoms with van der Waals surface area (Å²) in [4.78, 5) is 23.6. The van der Waals surface area contributed by atoms with E-state index >= 15 is 0 Å². The summed E-state index contributed by atoms with van der Waals surface area (Å²) in [7, 11) is 0. The van der Waals surface area contributed by atoms with Crippen molar-refractivity contribution in [3.63, 3.8) is 0 Å². The molecule has 0 aromatic carbocycles. The van der Waals surface area contributed by atoms with Crippen LogP contribution in [0, 0.1) is 0 Å². The lowest BCUT2D eigenvalue weighted by molar-refractivity contribution is 0.480. The topological polar surface area (TPSA) is 70.2 Å². The highest BCUT2D eigenvalue weighted by Crippen LogP contribution is 2.49. The van der Waals surface area contributed by atoms with Crippen molar-refractivity contribution in [2.24, 2.45) is 0 Å². The number of aryl methyl sites for hydroxylation is 2. The number of hydrogen-bond donors (Lipinski definition) is 2. The Kier molecular flexibility index (Phi) is 7.78. The van der Waals surface area contributed by atoms with Crippen molar-refractivity contribution < 1.29 is 0 Å². The van der Waals surface area contributed by atoms with Crippen LogP contribution in [0.25, 0.3) is 44.6 Å². The zero-order chi connectivity index (χ0) is 30.5. The summed E-state index contributed by atoms with van der Waals surface area (Å²) in [5, 5.41) is 0. The summed E-state index contributed by atoms with van der Waals surface area (Å²) < 4.78 is 0. The van der Waals surface area contributed by atoms with Crippen LogP contribution in [0.2, 0.25) is 0 Å². The van der Waals surface area contributed by atoms with Gasteiger partial charge < -0.3 is 9.97 Å². The molecule has 1 aromatic heterocycles. The molecule has 6 rings (SSSR count). The summed E-state index contributed by atoms with van der Waals surface area (Å²) in [5.41, 5.74) is 19.2. The molecule has 8 bridgehead atoms. The lowest BCUT2D eigenvalue weighted by Crippen LogP contribution is -2.24. The van der Waals surface area contributed by atoms with E-state index in [9.17, 15) is 0 Å². The number of nitrogens with zero attached hydrogens (tertiary/aromatic N) is 3. The second kappa shape index (κ2) is 11.4. The molecule has 43 heavy (non-hydrogen) atoms. The molecule has 0 saturated carbocycles. The Morgan fingerprint density at radius 1 is 0.558 bits per heavy atom. The van der Waals surface area contributed by atoms with Crippen molar-refractivity contribution in [1.82, 2.24) is 24.9 Å². The molecular formula is C38H47N5. The van der Waals surface area contributed by atoms with Crippen molar-refractivity contribution in [3.05, 3.63) is 75.8 Å². The summed E-state index contributed by atoms with van der Waals surface area (Å²) >= 11 is 0. The first-order valence-corrected chi connectivity index (χ1v) is 16.7. The second-order valence-electron chi connectivity index (χ2n) is 12.0. The number of nitrogens with one attached hydrogen (secondary N) is 2. The number of rotatable bonds is 8. The van der Waals surface area contributed by atoms with Crippen LogP contribution in [0.1, 0.15) is 139 Å². The maximum atomic E-state index is 5.50. The fourth-order valence-corrected chi connectivity index (χ4v) is 8.04. The molecule has 0 atom stereocenters. The van der Waals surface area contributed by atoms with Gasteiger partial charge in [0, 0.05) is 40.0 Å². The molecule has 0 fully saturated rings. The zero-order valence-electron chi connectivity index (χ0n) is 27.4. The molecule has 5 aliphatic rings. The van der Waals surface area contributed by atoms with Gasteiger partial charge in [-0.1, -0.05) is 55.4 Å². The van der Waals surface area contributed by atoms with Crippen LogP contribution >= 0.6 is 0 Å². The molecule has 224 valence electrons. The van der Waals surface area contributed by atoms with Crippen molar-refractivity contribution in [2.45, 2.75) is 112 Å². The molecule has 0 aliphatic carbocycles. The van der Waals surface area contributed by atoms with Gasteiger partial charge in [0.15, 0.2) is 0 Å². The van der Waals surface area contributed by atoms with Crippen LogP contribution in [0.4, 0.5) is 0 Å². The smallest absolute Gasteiger partial charge is 0.0798 e. The Balaban J connectivity index is 1.85. The molecule has 5 heteroatoms. The number of aromatic amines is 2. The number of H-pyrrole nitrogens is 2. The number of aromatic nitrogens is 5. The highest BCUT2D eigenvalue weighted by molar-refractivity contribution is 5.98. The zero-order valence-corrected chi connectivity index (χ0v) is 27.4. The predicted molar refractivity (Wildman–Crippen MR) is 182 cm³/mol. The van der Waals surface area contributed by atoms with Crippen molar-refractivity contribution in [1.29, 1.82) is 0 Å². The Labute approximate surface area is 257 Å². The molecule has 5 nitrogen and oxygen atoms in total. The summed E-state index contributed by atoms with van der Waals surface area (Å²) in [5.74, 6) is 0. The first-order valence-electron chi connectivity index (χ1n) is 16.7. The molecule has 0 radical (unpaired) electrons. The molecule has 0 unspecified atom stereocenters. The average molecular weight is 574 g/mol. The van der Waals surface area contributed by atoms with E-state index in [1.807, 2.05) is 0 Å². The third-order valence-electron chi connectivity index (χ3n) is 10.3. The van der Waals surface area contributed by atoms with Gasteiger partial charge in [0.2, 0.25) is 0 Å². The molecule has 0 amide bonds. The largest absolute Gasteiger partial charge is 0.367 e. The van der Waals surface area contributed by atoms with Gasteiger partial charge in [0.05, 0.1) is 34.2 Å². The van der Waals surface area contributed by atoms with Crippen molar-refractivity contribution in [2.75, 3.05) is 0 Å².